The Kier molecular flexibility index (Phi) is 6.78. The van der Waals surface area contributed by atoms with Crippen LogP contribution >= 0.6 is 23.3 Å². The van der Waals surface area contributed by atoms with Crippen molar-refractivity contribution in [2.75, 3.05) is 24.9 Å². The van der Waals surface area contributed by atoms with E-state index in [-0.39, 0.29) is 5.91 Å². The maximum absolute atomic E-state index is 12.9. The fourth-order valence-corrected chi connectivity index (χ4v) is 5.28. The molecule has 0 unspecified atom stereocenters. The van der Waals surface area contributed by atoms with E-state index in [4.69, 9.17) is 5.73 Å². The van der Waals surface area contributed by atoms with Crippen molar-refractivity contribution in [3.05, 3.63) is 65.3 Å². The molecular formula is C23H25N5O2S2. The number of hydrogen-bond acceptors (Lipinski definition) is 8. The Bertz CT molecular complexity index is 1150. The molecule has 1 aromatic heterocycles. The number of aromatic nitrogens is 1. The smallest absolute Gasteiger partial charge is 0.253 e. The minimum Gasteiger partial charge on any atom is -0.404 e. The number of piperidine rings is 1. The number of anilines is 1. The van der Waals surface area contributed by atoms with Gasteiger partial charge in [-0.05, 0) is 61.2 Å². The summed E-state index contributed by atoms with van der Waals surface area (Å²) in [5.41, 5.74) is 9.57. The third-order valence-corrected chi connectivity index (χ3v) is 7.28. The Morgan fingerprint density at radius 2 is 2.03 bits per heavy atom. The van der Waals surface area contributed by atoms with Crippen LogP contribution in [0.1, 0.15) is 23.2 Å². The summed E-state index contributed by atoms with van der Waals surface area (Å²) in [6.07, 6.45) is 3.82. The number of carbonyl (C=O) groups is 1. The molecule has 0 bridgehead atoms. The molecule has 1 amide bonds. The van der Waals surface area contributed by atoms with Gasteiger partial charge in [-0.3, -0.25) is 9.79 Å². The topological polar surface area (TPSA) is 104 Å². The van der Waals surface area contributed by atoms with Gasteiger partial charge < -0.3 is 20.5 Å². The van der Waals surface area contributed by atoms with Crippen LogP contribution in [0.15, 0.2) is 69.6 Å². The lowest BCUT2D eigenvalue weighted by Gasteiger charge is -2.38. The van der Waals surface area contributed by atoms with Crippen LogP contribution in [0.5, 0.6) is 0 Å². The highest BCUT2D eigenvalue weighted by atomic mass is 32.2. The van der Waals surface area contributed by atoms with Gasteiger partial charge in [-0.25, -0.2) is 4.98 Å². The molecule has 1 aliphatic rings. The van der Waals surface area contributed by atoms with E-state index in [1.54, 1.807) is 29.5 Å². The Morgan fingerprint density at radius 1 is 1.28 bits per heavy atom. The number of para-hydroxylation sites is 1. The van der Waals surface area contributed by atoms with E-state index in [2.05, 4.69) is 20.8 Å². The van der Waals surface area contributed by atoms with Gasteiger partial charge in [0, 0.05) is 49.4 Å². The predicted molar refractivity (Wildman–Crippen MR) is 132 cm³/mol. The van der Waals surface area contributed by atoms with Crippen LogP contribution in [-0.4, -0.2) is 52.9 Å². The second-order valence-corrected chi connectivity index (χ2v) is 9.30. The van der Waals surface area contributed by atoms with E-state index in [0.717, 1.165) is 20.8 Å². The van der Waals surface area contributed by atoms with Crippen molar-refractivity contribution < 1.29 is 9.90 Å². The zero-order valence-corrected chi connectivity index (χ0v) is 19.3. The third kappa shape index (κ3) is 4.64. The molecule has 1 fully saturated rings. The number of thiazole rings is 1. The van der Waals surface area contributed by atoms with Crippen molar-refractivity contribution >= 4 is 51.3 Å². The fourth-order valence-electron chi connectivity index (χ4n) is 3.75. The number of aliphatic imine (C=N–C) groups is 1. The molecule has 4 N–H and O–H groups in total. The van der Waals surface area contributed by atoms with Crippen LogP contribution < -0.4 is 10.5 Å². The van der Waals surface area contributed by atoms with Crippen molar-refractivity contribution in [2.24, 2.45) is 10.7 Å². The number of nitrogens with two attached hydrogens (primary N) is 1. The summed E-state index contributed by atoms with van der Waals surface area (Å²) in [5.74, 6) is -0.0408. The zero-order chi connectivity index (χ0) is 22.6. The highest BCUT2D eigenvalue weighted by Gasteiger charge is 2.36. The Labute approximate surface area is 195 Å². The number of carbonyl (C=O) groups excluding carboxylic acids is 1. The van der Waals surface area contributed by atoms with Gasteiger partial charge in [0.2, 0.25) is 0 Å². The summed E-state index contributed by atoms with van der Waals surface area (Å²) in [6, 6.07) is 13.6. The van der Waals surface area contributed by atoms with Crippen LogP contribution in [0.25, 0.3) is 10.2 Å². The molecule has 9 heteroatoms. The van der Waals surface area contributed by atoms with E-state index < -0.39 is 5.60 Å². The van der Waals surface area contributed by atoms with E-state index in [0.29, 0.717) is 37.1 Å². The molecule has 1 aliphatic heterocycles. The zero-order valence-electron chi connectivity index (χ0n) is 17.7. The predicted octanol–water partition coefficient (Wildman–Crippen LogP) is 3.93. The number of hydrogen-bond donors (Lipinski definition) is 3. The minimum atomic E-state index is -1.05. The molecule has 0 radical (unpaired) electrons. The van der Waals surface area contributed by atoms with Gasteiger partial charge in [-0.2, -0.15) is 0 Å². The lowest BCUT2D eigenvalue weighted by molar-refractivity contribution is 0.0147. The molecule has 3 aromatic rings. The second-order valence-electron chi connectivity index (χ2n) is 7.57. The highest BCUT2D eigenvalue weighted by Crippen LogP contribution is 2.31. The maximum atomic E-state index is 12.9. The van der Waals surface area contributed by atoms with E-state index in [1.807, 2.05) is 41.9 Å². The van der Waals surface area contributed by atoms with Gasteiger partial charge in [0.15, 0.2) is 0 Å². The van der Waals surface area contributed by atoms with Gasteiger partial charge in [0.1, 0.15) is 0 Å². The van der Waals surface area contributed by atoms with Crippen molar-refractivity contribution in [1.82, 2.24) is 9.88 Å². The first-order chi connectivity index (χ1) is 15.5. The monoisotopic (exact) mass is 467 g/mol. The van der Waals surface area contributed by atoms with Crippen LogP contribution in [0.3, 0.4) is 0 Å². The van der Waals surface area contributed by atoms with Crippen LogP contribution in [0.4, 0.5) is 5.69 Å². The average Bonchev–Trinajstić information content (AvgIpc) is 3.31. The standard InChI is InChI=1S/C23H25N5O2S2/c1-25-14-17(13-24)23(30)9-11-28(12-10-23)22(29)16-5-7-18(8-6-16)27-32-20-4-2-3-19-21(20)26-15-31-19/h2-8,13-15,27,30H,9-12,24H2,1H3. The number of benzene rings is 2. The normalized spacial score (nSPS) is 16.6. The number of aliphatic hydroxyl groups is 1. The lowest BCUT2D eigenvalue weighted by Crippen LogP contribution is -2.48. The van der Waals surface area contributed by atoms with Gasteiger partial charge in [-0.15, -0.1) is 11.3 Å². The summed E-state index contributed by atoms with van der Waals surface area (Å²) < 4.78 is 4.48. The number of nitrogens with one attached hydrogen (secondary N) is 1. The lowest BCUT2D eigenvalue weighted by atomic mass is 9.84. The third-order valence-electron chi connectivity index (χ3n) is 5.60. The molecule has 4 rings (SSSR count). The molecule has 0 saturated carbocycles. The molecule has 2 aromatic carbocycles. The van der Waals surface area contributed by atoms with Gasteiger partial charge in [0.25, 0.3) is 5.91 Å². The quantitative estimate of drug-likeness (QED) is 0.375. The number of amides is 1. The number of rotatable bonds is 6. The molecule has 1 saturated heterocycles. The largest absolute Gasteiger partial charge is 0.404 e. The maximum Gasteiger partial charge on any atom is 0.253 e. The summed E-state index contributed by atoms with van der Waals surface area (Å²) >= 11 is 3.12. The fraction of sp³-hybridized carbons (Fsp3) is 0.261. The Morgan fingerprint density at radius 3 is 2.72 bits per heavy atom. The van der Waals surface area contributed by atoms with Crippen LogP contribution in [0, 0.1) is 0 Å². The van der Waals surface area contributed by atoms with Gasteiger partial charge in [-0.1, -0.05) is 6.07 Å². The first-order valence-electron chi connectivity index (χ1n) is 10.3. The molecule has 0 spiro atoms. The molecular weight excluding hydrogens is 442 g/mol. The molecule has 0 atom stereocenters. The molecule has 7 nitrogen and oxygen atoms in total. The van der Waals surface area contributed by atoms with Crippen LogP contribution in [-0.2, 0) is 0 Å². The summed E-state index contributed by atoms with van der Waals surface area (Å²) in [6.45, 7) is 0.912. The summed E-state index contributed by atoms with van der Waals surface area (Å²) in [5, 5.41) is 10.9. The average molecular weight is 468 g/mol. The first-order valence-corrected chi connectivity index (χ1v) is 11.9. The minimum absolute atomic E-state index is 0.0408. The van der Waals surface area contributed by atoms with Crippen molar-refractivity contribution in [3.8, 4) is 0 Å². The van der Waals surface area contributed by atoms with Gasteiger partial charge >= 0.3 is 0 Å². The summed E-state index contributed by atoms with van der Waals surface area (Å²) in [7, 11) is 1.64. The van der Waals surface area contributed by atoms with Gasteiger partial charge in [0.05, 0.1) is 26.2 Å². The van der Waals surface area contributed by atoms with E-state index in [9.17, 15) is 9.90 Å². The van der Waals surface area contributed by atoms with Crippen LogP contribution in [0.2, 0.25) is 0 Å². The molecule has 2 heterocycles. The Hall–Kier alpha value is -2.88. The first kappa shape index (κ1) is 22.3. The van der Waals surface area contributed by atoms with Crippen molar-refractivity contribution in [1.29, 1.82) is 0 Å². The number of nitrogens with zero attached hydrogens (tertiary/aromatic N) is 3. The highest BCUT2D eigenvalue weighted by molar-refractivity contribution is 8.00. The summed E-state index contributed by atoms with van der Waals surface area (Å²) in [4.78, 5) is 24.1. The Balaban J connectivity index is 1.36. The van der Waals surface area contributed by atoms with Crippen molar-refractivity contribution in [3.63, 3.8) is 0 Å². The number of fused-ring (bicyclic) bond motifs is 1. The van der Waals surface area contributed by atoms with E-state index >= 15 is 0 Å². The van der Waals surface area contributed by atoms with Crippen molar-refractivity contribution in [2.45, 2.75) is 23.3 Å². The molecule has 0 aliphatic carbocycles. The molecule has 32 heavy (non-hydrogen) atoms. The number of likely N-dealkylation sites (tertiary alicyclic amines) is 1. The SMILES string of the molecule is CN=CC(=CN)C1(O)CCN(C(=O)c2ccc(NSc3cccc4scnc34)cc2)CC1. The van der Waals surface area contributed by atoms with E-state index in [1.165, 1.54) is 18.1 Å². The second kappa shape index (κ2) is 9.72. The molecule has 166 valence electrons.